The minimum atomic E-state index is -0.334. The molecule has 0 atom stereocenters. The van der Waals surface area contributed by atoms with E-state index >= 15 is 0 Å². The minimum absolute atomic E-state index is 0.153. The number of hydrogen-bond donors (Lipinski definition) is 0. The van der Waals surface area contributed by atoms with Gasteiger partial charge in [-0.05, 0) is 107 Å². The number of carbonyl (C=O) groups excluding carboxylic acids is 2. The van der Waals surface area contributed by atoms with Crippen LogP contribution in [-0.4, -0.2) is 39.8 Å². The third-order valence-electron chi connectivity index (χ3n) is 7.45. The highest BCUT2D eigenvalue weighted by Gasteiger charge is 2.37. The van der Waals surface area contributed by atoms with Gasteiger partial charge in [-0.15, -0.1) is 34.0 Å². The lowest BCUT2D eigenvalue weighted by Gasteiger charge is -2.35. The largest absolute Gasteiger partial charge is 0.302 e. The fourth-order valence-corrected chi connectivity index (χ4v) is 8.67. The number of amides is 2. The van der Waals surface area contributed by atoms with Crippen LogP contribution in [0.5, 0.6) is 0 Å². The molecule has 1 aliphatic heterocycles. The average molecular weight is 684 g/mol. The Morgan fingerprint density at radius 2 is 1.07 bits per heavy atom. The van der Waals surface area contributed by atoms with Crippen molar-refractivity contribution in [2.75, 3.05) is 18.0 Å². The van der Waals surface area contributed by atoms with Crippen molar-refractivity contribution in [3.63, 3.8) is 0 Å². The number of thiocarbonyl (C=S) groups is 1. The van der Waals surface area contributed by atoms with Crippen LogP contribution in [-0.2, 0) is 9.59 Å². The average Bonchev–Trinajstić information content (AvgIpc) is 3.84. The van der Waals surface area contributed by atoms with Crippen molar-refractivity contribution in [1.82, 2.24) is 9.80 Å². The molecule has 0 saturated carbocycles. The summed E-state index contributed by atoms with van der Waals surface area (Å²) in [6.45, 7) is 12.8. The first kappa shape index (κ1) is 33.5. The standard InChI is InChI=1S/C35H31N3O2S4.C2H6/c1-5-36-33(39)27(34(40)37(6-2)35(36)41)21-26-15-16-28(42-26)29-17-18-30(43-29)31-19-20-32(44-31)38(24-11-7-22(3)8-12-24)25-13-9-23(4)10-14-25;1-2/h7-21H,5-6H2,1-4H3;1-2H3. The Morgan fingerprint density at radius 1 is 0.630 bits per heavy atom. The molecule has 9 heteroatoms. The van der Waals surface area contributed by atoms with Crippen LogP contribution in [0.2, 0.25) is 0 Å². The van der Waals surface area contributed by atoms with E-state index in [2.05, 4.69) is 97.6 Å². The fraction of sp³-hybridized carbons (Fsp3) is 0.216. The third kappa shape index (κ3) is 6.78. The van der Waals surface area contributed by atoms with E-state index in [9.17, 15) is 9.59 Å². The van der Waals surface area contributed by atoms with Crippen LogP contribution in [0, 0.1) is 13.8 Å². The van der Waals surface area contributed by atoms with E-state index in [0.717, 1.165) is 31.0 Å². The topological polar surface area (TPSA) is 43.9 Å². The molecule has 0 radical (unpaired) electrons. The van der Waals surface area contributed by atoms with Gasteiger partial charge in [0.1, 0.15) is 10.6 Å². The van der Waals surface area contributed by atoms with Crippen LogP contribution in [0.15, 0.2) is 90.5 Å². The molecule has 236 valence electrons. The van der Waals surface area contributed by atoms with Crippen molar-refractivity contribution in [3.05, 3.63) is 107 Å². The molecule has 2 aromatic carbocycles. The summed E-state index contributed by atoms with van der Waals surface area (Å²) in [6.07, 6.45) is 1.71. The van der Waals surface area contributed by atoms with Crippen molar-refractivity contribution in [2.24, 2.45) is 0 Å². The van der Waals surface area contributed by atoms with E-state index in [-0.39, 0.29) is 22.5 Å². The molecule has 0 unspecified atom stereocenters. The number of nitrogens with zero attached hydrogens (tertiary/aromatic N) is 3. The SMILES string of the molecule is CC.CCN1C(=O)C(=Cc2ccc(-c3ccc(-c4ccc(N(c5ccc(C)cc5)c5ccc(C)cc5)s4)s3)s2)C(=O)N(CC)C1=S. The van der Waals surface area contributed by atoms with E-state index < -0.39 is 0 Å². The Morgan fingerprint density at radius 3 is 1.57 bits per heavy atom. The molecular weight excluding hydrogens is 647 g/mol. The zero-order valence-corrected chi connectivity index (χ0v) is 30.1. The molecule has 6 rings (SSSR count). The summed E-state index contributed by atoms with van der Waals surface area (Å²) in [4.78, 5) is 36.9. The lowest BCUT2D eigenvalue weighted by molar-refractivity contribution is -0.133. The molecule has 1 fully saturated rings. The van der Waals surface area contributed by atoms with Gasteiger partial charge in [0.25, 0.3) is 11.8 Å². The first-order chi connectivity index (χ1) is 22.3. The van der Waals surface area contributed by atoms with Crippen molar-refractivity contribution in [1.29, 1.82) is 0 Å². The van der Waals surface area contributed by atoms with Crippen molar-refractivity contribution < 1.29 is 9.59 Å². The zero-order valence-electron chi connectivity index (χ0n) is 26.9. The molecular formula is C37H37N3O2S4. The summed E-state index contributed by atoms with van der Waals surface area (Å²) in [5, 5.41) is 1.42. The van der Waals surface area contributed by atoms with Crippen LogP contribution < -0.4 is 4.90 Å². The molecule has 5 aromatic rings. The van der Waals surface area contributed by atoms with Gasteiger partial charge in [0.2, 0.25) is 0 Å². The van der Waals surface area contributed by atoms with E-state index in [1.54, 1.807) is 40.1 Å². The number of anilines is 3. The van der Waals surface area contributed by atoms with Gasteiger partial charge < -0.3 is 4.90 Å². The summed E-state index contributed by atoms with van der Waals surface area (Å²) >= 11 is 10.5. The highest BCUT2D eigenvalue weighted by atomic mass is 32.1. The molecule has 0 aliphatic carbocycles. The van der Waals surface area contributed by atoms with Gasteiger partial charge in [-0.25, -0.2) is 0 Å². The molecule has 1 aliphatic rings. The van der Waals surface area contributed by atoms with Crippen molar-refractivity contribution in [2.45, 2.75) is 41.5 Å². The van der Waals surface area contributed by atoms with Crippen LogP contribution in [0.3, 0.4) is 0 Å². The van der Waals surface area contributed by atoms with Crippen molar-refractivity contribution >= 4 is 85.6 Å². The van der Waals surface area contributed by atoms with Crippen LogP contribution >= 0.6 is 46.2 Å². The second-order valence-electron chi connectivity index (χ2n) is 10.4. The quantitative estimate of drug-likeness (QED) is 0.0928. The molecule has 2 amide bonds. The summed E-state index contributed by atoms with van der Waals surface area (Å²) in [5.41, 5.74) is 4.87. The summed E-state index contributed by atoms with van der Waals surface area (Å²) in [7, 11) is 0. The second-order valence-corrected chi connectivity index (χ2v) is 14.1. The van der Waals surface area contributed by atoms with E-state index in [4.69, 9.17) is 12.2 Å². The number of benzene rings is 2. The fourth-order valence-electron chi connectivity index (χ4n) is 5.06. The number of thiophene rings is 3. The Hall–Kier alpha value is -3.89. The number of rotatable bonds is 8. The van der Waals surface area contributed by atoms with Gasteiger partial charge >= 0.3 is 0 Å². The van der Waals surface area contributed by atoms with E-state index in [0.29, 0.717) is 13.1 Å². The maximum absolute atomic E-state index is 13.1. The Labute approximate surface area is 289 Å². The first-order valence-electron chi connectivity index (χ1n) is 15.4. The summed E-state index contributed by atoms with van der Waals surface area (Å²) in [5.74, 6) is -0.668. The highest BCUT2D eigenvalue weighted by Crippen LogP contribution is 2.45. The summed E-state index contributed by atoms with van der Waals surface area (Å²) < 4.78 is 0. The first-order valence-corrected chi connectivity index (χ1v) is 18.3. The Kier molecular flexibility index (Phi) is 10.7. The molecule has 1 saturated heterocycles. The monoisotopic (exact) mass is 683 g/mol. The van der Waals surface area contributed by atoms with Crippen molar-refractivity contribution in [3.8, 4) is 19.5 Å². The van der Waals surface area contributed by atoms with E-state index in [1.807, 2.05) is 33.8 Å². The van der Waals surface area contributed by atoms with Gasteiger partial charge in [0, 0.05) is 48.9 Å². The Balaban J connectivity index is 0.00000204. The highest BCUT2D eigenvalue weighted by molar-refractivity contribution is 7.80. The predicted octanol–water partition coefficient (Wildman–Crippen LogP) is 10.7. The maximum Gasteiger partial charge on any atom is 0.265 e. The van der Waals surface area contributed by atoms with Crippen LogP contribution in [0.4, 0.5) is 16.4 Å². The zero-order chi connectivity index (χ0) is 33.0. The lowest BCUT2D eigenvalue weighted by Crippen LogP contribution is -2.55. The number of likely N-dealkylation sites (N-methyl/N-ethyl adjacent to an activating group) is 2. The van der Waals surface area contributed by atoms with Gasteiger partial charge in [-0.2, -0.15) is 0 Å². The number of carbonyl (C=O) groups is 2. The van der Waals surface area contributed by atoms with E-state index in [1.165, 1.54) is 30.7 Å². The summed E-state index contributed by atoms with van der Waals surface area (Å²) in [6, 6.07) is 30.0. The molecule has 0 bridgehead atoms. The number of hydrogen-bond acceptors (Lipinski definition) is 7. The number of aryl methyl sites for hydroxylation is 2. The molecule has 46 heavy (non-hydrogen) atoms. The van der Waals surface area contributed by atoms with Crippen LogP contribution in [0.1, 0.15) is 43.7 Å². The molecule has 0 spiro atoms. The Bertz CT molecular complexity index is 1810. The smallest absolute Gasteiger partial charge is 0.265 e. The normalized spacial score (nSPS) is 13.2. The van der Waals surface area contributed by atoms with Gasteiger partial charge in [0.15, 0.2) is 5.11 Å². The molecule has 5 nitrogen and oxygen atoms in total. The predicted molar refractivity (Wildman–Crippen MR) is 202 cm³/mol. The minimum Gasteiger partial charge on any atom is -0.302 e. The molecule has 3 aromatic heterocycles. The molecule has 0 N–H and O–H groups in total. The maximum atomic E-state index is 13.1. The van der Waals surface area contributed by atoms with Gasteiger partial charge in [-0.3, -0.25) is 19.4 Å². The second kappa shape index (κ2) is 14.7. The lowest BCUT2D eigenvalue weighted by atomic mass is 10.1. The van der Waals surface area contributed by atoms with Gasteiger partial charge in [0.05, 0.1) is 0 Å². The van der Waals surface area contributed by atoms with Crippen LogP contribution in [0.25, 0.3) is 25.6 Å². The third-order valence-corrected chi connectivity index (χ3v) is 11.5. The van der Waals surface area contributed by atoms with Gasteiger partial charge in [-0.1, -0.05) is 49.2 Å². The molecule has 4 heterocycles.